The molecule has 1 atom stereocenters. The smallest absolute Gasteiger partial charge is 0.321 e. The lowest BCUT2D eigenvalue weighted by atomic mass is 9.96. The molecule has 116 valence electrons. The largest absolute Gasteiger partial charge is 0.468 e. The highest BCUT2D eigenvalue weighted by Crippen LogP contribution is 2.32. The fraction of sp³-hybridized carbons (Fsp3) is 0.125. The number of ether oxygens (including phenoxy) is 1. The molecule has 3 aromatic rings. The number of rotatable bonds is 4. The van der Waals surface area contributed by atoms with E-state index in [1.54, 1.807) is 18.2 Å². The molecule has 0 spiro atoms. The number of hydrogen-bond acceptors (Lipinski definition) is 5. The number of esters is 1. The lowest BCUT2D eigenvalue weighted by molar-refractivity contribution is -0.385. The van der Waals surface area contributed by atoms with E-state index >= 15 is 0 Å². The van der Waals surface area contributed by atoms with E-state index in [4.69, 9.17) is 4.74 Å². The average molecular weight is 311 g/mol. The highest BCUT2D eigenvalue weighted by atomic mass is 16.6. The van der Waals surface area contributed by atoms with E-state index in [1.807, 2.05) is 18.2 Å². The number of carbonyl (C=O) groups is 1. The SMILES string of the molecule is COC(=O)C(c1nc2ccccc2[nH]1)c1ccccc1[N+](=O)[O-]. The molecular weight excluding hydrogens is 298 g/mol. The highest BCUT2D eigenvalue weighted by molar-refractivity contribution is 5.84. The van der Waals surface area contributed by atoms with Gasteiger partial charge in [-0.05, 0) is 12.1 Å². The number of nitrogens with zero attached hydrogens (tertiary/aromatic N) is 2. The summed E-state index contributed by atoms with van der Waals surface area (Å²) in [5.74, 6) is -1.29. The Hall–Kier alpha value is -3.22. The number of H-pyrrole nitrogens is 1. The number of fused-ring (bicyclic) bond motifs is 1. The molecule has 7 nitrogen and oxygen atoms in total. The van der Waals surface area contributed by atoms with Crippen LogP contribution in [0.5, 0.6) is 0 Å². The third kappa shape index (κ3) is 2.64. The van der Waals surface area contributed by atoms with Gasteiger partial charge in [0.15, 0.2) is 0 Å². The fourth-order valence-corrected chi connectivity index (χ4v) is 2.51. The van der Waals surface area contributed by atoms with Crippen LogP contribution < -0.4 is 0 Å². The summed E-state index contributed by atoms with van der Waals surface area (Å²) in [6.07, 6.45) is 0. The van der Waals surface area contributed by atoms with Crippen LogP contribution >= 0.6 is 0 Å². The molecule has 0 aliphatic rings. The van der Waals surface area contributed by atoms with Crippen LogP contribution in [0.25, 0.3) is 11.0 Å². The van der Waals surface area contributed by atoms with Gasteiger partial charge in [-0.3, -0.25) is 14.9 Å². The number of hydrogen-bond donors (Lipinski definition) is 1. The van der Waals surface area contributed by atoms with Gasteiger partial charge in [0, 0.05) is 6.07 Å². The standard InChI is InChI=1S/C16H13N3O4/c1-23-16(20)14(10-6-2-5-9-13(10)19(21)22)15-17-11-7-3-4-8-12(11)18-15/h2-9,14H,1H3,(H,17,18). The van der Waals surface area contributed by atoms with Gasteiger partial charge in [-0.25, -0.2) is 4.98 Å². The molecule has 0 amide bonds. The Bertz CT molecular complexity index is 855. The van der Waals surface area contributed by atoms with Gasteiger partial charge in [-0.1, -0.05) is 30.3 Å². The fourth-order valence-electron chi connectivity index (χ4n) is 2.51. The minimum Gasteiger partial charge on any atom is -0.468 e. The topological polar surface area (TPSA) is 98.1 Å². The molecule has 1 N–H and O–H groups in total. The number of nitrogens with one attached hydrogen (secondary N) is 1. The summed E-state index contributed by atoms with van der Waals surface area (Å²) in [6.45, 7) is 0. The van der Waals surface area contributed by atoms with Crippen LogP contribution in [0.4, 0.5) is 5.69 Å². The van der Waals surface area contributed by atoms with Crippen LogP contribution in [-0.2, 0) is 9.53 Å². The molecule has 7 heteroatoms. The molecule has 3 rings (SSSR count). The monoisotopic (exact) mass is 311 g/mol. The number of aromatic amines is 1. The van der Waals surface area contributed by atoms with Gasteiger partial charge in [0.2, 0.25) is 0 Å². The maximum atomic E-state index is 12.3. The number of carbonyl (C=O) groups excluding carboxylic acids is 1. The van der Waals surface area contributed by atoms with E-state index < -0.39 is 16.8 Å². The summed E-state index contributed by atoms with van der Waals surface area (Å²) in [5.41, 5.74) is 1.51. The molecule has 0 aliphatic carbocycles. The van der Waals surface area contributed by atoms with Crippen LogP contribution in [0.1, 0.15) is 17.3 Å². The maximum Gasteiger partial charge on any atom is 0.321 e. The summed E-state index contributed by atoms with van der Waals surface area (Å²) >= 11 is 0. The Morgan fingerprint density at radius 2 is 1.91 bits per heavy atom. The van der Waals surface area contributed by atoms with Crippen LogP contribution in [0.3, 0.4) is 0 Å². The molecule has 0 fully saturated rings. The molecule has 0 radical (unpaired) electrons. The zero-order chi connectivity index (χ0) is 16.4. The Kier molecular flexibility index (Phi) is 3.76. The predicted molar refractivity (Wildman–Crippen MR) is 83.0 cm³/mol. The number of nitro benzene ring substituents is 1. The Labute approximate surface area is 131 Å². The summed E-state index contributed by atoms with van der Waals surface area (Å²) < 4.78 is 4.83. The van der Waals surface area contributed by atoms with Gasteiger partial charge < -0.3 is 9.72 Å². The zero-order valence-electron chi connectivity index (χ0n) is 12.2. The van der Waals surface area contributed by atoms with Crippen molar-refractivity contribution in [2.45, 2.75) is 5.92 Å². The Morgan fingerprint density at radius 1 is 1.22 bits per heavy atom. The number of aromatic nitrogens is 2. The first-order valence-electron chi connectivity index (χ1n) is 6.87. The summed E-state index contributed by atoms with van der Waals surface area (Å²) in [4.78, 5) is 30.4. The minimum atomic E-state index is -0.992. The van der Waals surface area contributed by atoms with Crippen molar-refractivity contribution in [2.24, 2.45) is 0 Å². The molecule has 2 aromatic carbocycles. The van der Waals surface area contributed by atoms with Crippen molar-refractivity contribution >= 4 is 22.7 Å². The van der Waals surface area contributed by atoms with E-state index in [0.29, 0.717) is 11.3 Å². The molecule has 0 saturated carbocycles. The van der Waals surface area contributed by atoms with Gasteiger partial charge in [-0.15, -0.1) is 0 Å². The number of imidazole rings is 1. The van der Waals surface area contributed by atoms with Crippen molar-refractivity contribution in [1.29, 1.82) is 0 Å². The zero-order valence-corrected chi connectivity index (χ0v) is 12.2. The van der Waals surface area contributed by atoms with E-state index in [2.05, 4.69) is 9.97 Å². The average Bonchev–Trinajstić information content (AvgIpc) is 2.98. The molecule has 23 heavy (non-hydrogen) atoms. The van der Waals surface area contributed by atoms with Crippen molar-refractivity contribution in [3.63, 3.8) is 0 Å². The number of benzene rings is 2. The van der Waals surface area contributed by atoms with Crippen molar-refractivity contribution < 1.29 is 14.5 Å². The lowest BCUT2D eigenvalue weighted by Crippen LogP contribution is -2.18. The quantitative estimate of drug-likeness (QED) is 0.454. The number of para-hydroxylation sites is 3. The first-order chi connectivity index (χ1) is 11.1. The van der Waals surface area contributed by atoms with Crippen molar-refractivity contribution in [2.75, 3.05) is 7.11 Å². The first-order valence-corrected chi connectivity index (χ1v) is 6.87. The normalized spacial score (nSPS) is 12.0. The van der Waals surface area contributed by atoms with Gasteiger partial charge >= 0.3 is 5.97 Å². The van der Waals surface area contributed by atoms with Crippen LogP contribution in [0.2, 0.25) is 0 Å². The first kappa shape index (κ1) is 14.7. The third-order valence-corrected chi connectivity index (χ3v) is 3.56. The number of methoxy groups -OCH3 is 1. The third-order valence-electron chi connectivity index (χ3n) is 3.56. The second-order valence-corrected chi connectivity index (χ2v) is 4.91. The van der Waals surface area contributed by atoms with E-state index in [0.717, 1.165) is 5.52 Å². The molecular formula is C16H13N3O4. The highest BCUT2D eigenvalue weighted by Gasteiger charge is 2.32. The van der Waals surface area contributed by atoms with E-state index in [1.165, 1.54) is 19.2 Å². The van der Waals surface area contributed by atoms with E-state index in [9.17, 15) is 14.9 Å². The summed E-state index contributed by atoms with van der Waals surface area (Å²) in [5, 5.41) is 11.3. The Balaban J connectivity index is 2.19. The van der Waals surface area contributed by atoms with Gasteiger partial charge in [0.05, 0.1) is 28.6 Å². The predicted octanol–water partition coefficient (Wildman–Crippen LogP) is 2.78. The van der Waals surface area contributed by atoms with Gasteiger partial charge in [0.1, 0.15) is 11.7 Å². The molecule has 1 unspecified atom stereocenters. The second kappa shape index (κ2) is 5.88. The molecule has 0 bridgehead atoms. The molecule has 1 aromatic heterocycles. The minimum absolute atomic E-state index is 0.150. The lowest BCUT2D eigenvalue weighted by Gasteiger charge is -2.12. The number of nitro groups is 1. The van der Waals surface area contributed by atoms with Crippen LogP contribution in [0.15, 0.2) is 48.5 Å². The summed E-state index contributed by atoms with van der Waals surface area (Å²) in [6, 6.07) is 13.4. The Morgan fingerprint density at radius 3 is 2.61 bits per heavy atom. The van der Waals surface area contributed by atoms with Crippen molar-refractivity contribution in [1.82, 2.24) is 9.97 Å². The second-order valence-electron chi connectivity index (χ2n) is 4.91. The van der Waals surface area contributed by atoms with Gasteiger partial charge in [-0.2, -0.15) is 0 Å². The molecule has 1 heterocycles. The molecule has 0 aliphatic heterocycles. The van der Waals surface area contributed by atoms with Crippen LogP contribution in [-0.4, -0.2) is 28.0 Å². The maximum absolute atomic E-state index is 12.3. The van der Waals surface area contributed by atoms with E-state index in [-0.39, 0.29) is 11.3 Å². The summed E-state index contributed by atoms with van der Waals surface area (Å²) in [7, 11) is 1.24. The van der Waals surface area contributed by atoms with Crippen LogP contribution in [0, 0.1) is 10.1 Å². The van der Waals surface area contributed by atoms with Crippen molar-refractivity contribution in [3.05, 3.63) is 70.0 Å². The van der Waals surface area contributed by atoms with Crippen molar-refractivity contribution in [3.8, 4) is 0 Å². The van der Waals surface area contributed by atoms with Gasteiger partial charge in [0.25, 0.3) is 5.69 Å². The molecule has 0 saturated heterocycles.